The fourth-order valence-corrected chi connectivity index (χ4v) is 4.89. The topological polar surface area (TPSA) is 219 Å². The van der Waals surface area contributed by atoms with Gasteiger partial charge in [0.05, 0.1) is 125 Å². The van der Waals surface area contributed by atoms with Crippen molar-refractivity contribution in [3.8, 4) is 0 Å². The van der Waals surface area contributed by atoms with Crippen molar-refractivity contribution in [2.45, 2.75) is 43.8 Å². The number of rotatable bonds is 34. The van der Waals surface area contributed by atoms with Gasteiger partial charge in [-0.2, -0.15) is 0 Å². The zero-order valence-electron chi connectivity index (χ0n) is 31.4. The average molecular weight is 776 g/mol. The Balaban J connectivity index is 1.19. The maximum absolute atomic E-state index is 12.4. The molecule has 2 aliphatic rings. The molecule has 1 heterocycles. The third kappa shape index (κ3) is 23.8. The van der Waals surface area contributed by atoms with Gasteiger partial charge in [-0.25, -0.2) is 0 Å². The second-order valence-electron chi connectivity index (χ2n) is 12.1. The summed E-state index contributed by atoms with van der Waals surface area (Å²) in [5.41, 5.74) is -1.47. The van der Waals surface area contributed by atoms with Gasteiger partial charge in [-0.15, -0.1) is 0 Å². The van der Waals surface area contributed by atoms with E-state index in [-0.39, 0.29) is 31.8 Å². The third-order valence-electron chi connectivity index (χ3n) is 7.90. The van der Waals surface area contributed by atoms with Crippen molar-refractivity contribution in [2.75, 3.05) is 139 Å². The highest BCUT2D eigenvalue weighted by Crippen LogP contribution is 2.24. The van der Waals surface area contributed by atoms with E-state index in [4.69, 9.17) is 42.6 Å². The van der Waals surface area contributed by atoms with Gasteiger partial charge in [-0.1, -0.05) is 12.2 Å². The SMILES string of the molecule is O=C(CCN1C(=O)C=CC1=O)NCCOCCOCCOCCOCCOCCOCCOCCOCCOCCNC(=O)[C@]1(O)CC/C=C\[C@H](O)CC1. The number of hydrogen-bond acceptors (Lipinski definition) is 15. The molecule has 4 amide bonds. The minimum atomic E-state index is -1.47. The van der Waals surface area contributed by atoms with Crippen molar-refractivity contribution in [3.05, 3.63) is 24.3 Å². The van der Waals surface area contributed by atoms with Crippen LogP contribution in [0.15, 0.2) is 24.3 Å². The molecule has 1 aliphatic carbocycles. The van der Waals surface area contributed by atoms with E-state index in [1.54, 1.807) is 12.2 Å². The van der Waals surface area contributed by atoms with Crippen LogP contribution in [0.5, 0.6) is 0 Å². The summed E-state index contributed by atoms with van der Waals surface area (Å²) in [4.78, 5) is 48.1. The molecule has 0 saturated heterocycles. The maximum atomic E-state index is 12.4. The van der Waals surface area contributed by atoms with Crippen LogP contribution in [0, 0.1) is 0 Å². The number of aliphatic hydroxyl groups excluding tert-OH is 1. The van der Waals surface area contributed by atoms with Gasteiger partial charge in [-0.3, -0.25) is 24.1 Å². The van der Waals surface area contributed by atoms with Crippen molar-refractivity contribution < 1.29 is 72.0 Å². The first-order valence-electron chi connectivity index (χ1n) is 18.7. The standard InChI is InChI=1S/C36H61N3O15/c40-31-3-1-2-8-36(45,9-6-31)35(44)38-11-14-47-16-18-49-20-22-51-24-26-53-28-30-54-29-27-52-25-23-50-21-19-48-17-15-46-13-10-37-32(41)7-12-39-33(42)4-5-34(39)43/h1,3-5,31,40,45H,2,6-30H2,(H,37,41)(H,38,44)/b3-1-/t31-,36-/m0/s1. The molecule has 310 valence electrons. The molecule has 0 saturated carbocycles. The van der Waals surface area contributed by atoms with E-state index in [0.717, 1.165) is 4.90 Å². The third-order valence-corrected chi connectivity index (χ3v) is 7.90. The zero-order valence-corrected chi connectivity index (χ0v) is 31.4. The van der Waals surface area contributed by atoms with Gasteiger partial charge >= 0.3 is 0 Å². The molecular weight excluding hydrogens is 714 g/mol. The summed E-state index contributed by atoms with van der Waals surface area (Å²) in [7, 11) is 0. The van der Waals surface area contributed by atoms with E-state index in [1.807, 2.05) is 0 Å². The molecule has 0 bridgehead atoms. The summed E-state index contributed by atoms with van der Waals surface area (Å²) >= 11 is 0. The van der Waals surface area contributed by atoms with E-state index in [9.17, 15) is 29.4 Å². The molecule has 1 aliphatic heterocycles. The Hall–Kier alpha value is -2.88. The van der Waals surface area contributed by atoms with Gasteiger partial charge in [-0.05, 0) is 25.7 Å². The predicted molar refractivity (Wildman–Crippen MR) is 192 cm³/mol. The summed E-state index contributed by atoms with van der Waals surface area (Å²) in [6.45, 7) is 8.13. The van der Waals surface area contributed by atoms with Crippen LogP contribution in [0.25, 0.3) is 0 Å². The average Bonchev–Trinajstić information content (AvgIpc) is 3.48. The van der Waals surface area contributed by atoms with Crippen LogP contribution in [0.4, 0.5) is 0 Å². The quantitative estimate of drug-likeness (QED) is 0.0347. The number of carbonyl (C=O) groups excluding carboxylic acids is 4. The Labute approximate surface area is 317 Å². The molecule has 18 nitrogen and oxygen atoms in total. The highest BCUT2D eigenvalue weighted by atomic mass is 16.6. The molecule has 0 aromatic heterocycles. The highest BCUT2D eigenvalue weighted by molar-refractivity contribution is 6.13. The molecule has 0 fully saturated rings. The van der Waals surface area contributed by atoms with Crippen molar-refractivity contribution in [1.82, 2.24) is 15.5 Å². The lowest BCUT2D eigenvalue weighted by atomic mass is 9.88. The van der Waals surface area contributed by atoms with Crippen LogP contribution in [0.3, 0.4) is 0 Å². The number of nitrogens with one attached hydrogen (secondary N) is 2. The molecule has 2 atom stereocenters. The Bertz CT molecular complexity index is 1080. The largest absolute Gasteiger partial charge is 0.389 e. The lowest BCUT2D eigenvalue weighted by molar-refractivity contribution is -0.142. The van der Waals surface area contributed by atoms with Gasteiger partial charge in [0.15, 0.2) is 0 Å². The Morgan fingerprint density at radius 3 is 1.44 bits per heavy atom. The number of hydrogen-bond donors (Lipinski definition) is 4. The molecular formula is C36H61N3O15. The molecule has 0 unspecified atom stereocenters. The lowest BCUT2D eigenvalue weighted by Crippen LogP contribution is -2.48. The fraction of sp³-hybridized carbons (Fsp3) is 0.778. The Kier molecular flexibility index (Phi) is 27.4. The monoisotopic (exact) mass is 775 g/mol. The van der Waals surface area contributed by atoms with Gasteiger partial charge in [0.1, 0.15) is 5.60 Å². The first kappa shape index (κ1) is 47.3. The van der Waals surface area contributed by atoms with Gasteiger partial charge < -0.3 is 63.5 Å². The fourth-order valence-electron chi connectivity index (χ4n) is 4.89. The van der Waals surface area contributed by atoms with Crippen LogP contribution < -0.4 is 10.6 Å². The second kappa shape index (κ2) is 31.3. The number of carbonyl (C=O) groups is 4. The van der Waals surface area contributed by atoms with Gasteiger partial charge in [0.25, 0.3) is 17.7 Å². The number of imide groups is 1. The molecule has 18 heteroatoms. The number of ether oxygens (including phenoxy) is 9. The highest BCUT2D eigenvalue weighted by Gasteiger charge is 2.35. The molecule has 0 radical (unpaired) electrons. The van der Waals surface area contributed by atoms with E-state index in [1.165, 1.54) is 12.2 Å². The summed E-state index contributed by atoms with van der Waals surface area (Å²) < 4.78 is 49.1. The van der Waals surface area contributed by atoms with Gasteiger partial charge in [0.2, 0.25) is 5.91 Å². The first-order valence-corrected chi connectivity index (χ1v) is 18.7. The number of nitrogens with zero attached hydrogens (tertiary/aromatic N) is 1. The van der Waals surface area contributed by atoms with Crippen LogP contribution in [0.2, 0.25) is 0 Å². The van der Waals surface area contributed by atoms with Crippen LogP contribution >= 0.6 is 0 Å². The molecule has 2 rings (SSSR count). The maximum Gasteiger partial charge on any atom is 0.253 e. The Morgan fingerprint density at radius 1 is 0.630 bits per heavy atom. The molecule has 0 aromatic rings. The Morgan fingerprint density at radius 2 is 1.02 bits per heavy atom. The van der Waals surface area contributed by atoms with Crippen molar-refractivity contribution >= 4 is 23.6 Å². The number of amides is 4. The molecule has 0 spiro atoms. The predicted octanol–water partition coefficient (Wildman–Crippen LogP) is -1.09. The van der Waals surface area contributed by atoms with E-state index in [0.29, 0.717) is 145 Å². The zero-order chi connectivity index (χ0) is 39.0. The van der Waals surface area contributed by atoms with Crippen molar-refractivity contribution in [2.24, 2.45) is 0 Å². The summed E-state index contributed by atoms with van der Waals surface area (Å²) in [5.74, 6) is -1.50. The van der Waals surface area contributed by atoms with Crippen molar-refractivity contribution in [1.29, 1.82) is 0 Å². The molecule has 54 heavy (non-hydrogen) atoms. The molecule has 0 aromatic carbocycles. The molecule has 4 N–H and O–H groups in total. The number of allylic oxidation sites excluding steroid dienone is 1. The van der Waals surface area contributed by atoms with Crippen molar-refractivity contribution in [3.63, 3.8) is 0 Å². The normalized spacial score (nSPS) is 19.2. The summed E-state index contributed by atoms with van der Waals surface area (Å²) in [6, 6.07) is 0. The minimum absolute atomic E-state index is 0.0452. The second-order valence-corrected chi connectivity index (χ2v) is 12.1. The lowest BCUT2D eigenvalue weighted by Gasteiger charge is -2.28. The van der Waals surface area contributed by atoms with Crippen LogP contribution in [0.1, 0.15) is 32.1 Å². The van der Waals surface area contributed by atoms with E-state index >= 15 is 0 Å². The van der Waals surface area contributed by atoms with Crippen LogP contribution in [-0.2, 0) is 61.8 Å². The van der Waals surface area contributed by atoms with E-state index in [2.05, 4.69) is 10.6 Å². The number of aliphatic hydroxyl groups is 2. The van der Waals surface area contributed by atoms with Gasteiger partial charge in [0, 0.05) is 38.2 Å². The smallest absolute Gasteiger partial charge is 0.253 e. The minimum Gasteiger partial charge on any atom is -0.389 e. The first-order chi connectivity index (χ1) is 26.3. The van der Waals surface area contributed by atoms with Crippen LogP contribution in [-0.4, -0.2) is 189 Å². The summed E-state index contributed by atoms with van der Waals surface area (Å²) in [5, 5.41) is 25.8. The van der Waals surface area contributed by atoms with E-state index < -0.39 is 29.4 Å². The summed E-state index contributed by atoms with van der Waals surface area (Å²) in [6.07, 6.45) is 6.67.